The quantitative estimate of drug-likeness (QED) is 0.425. The van der Waals surface area contributed by atoms with Gasteiger partial charge in [-0.05, 0) is 56.7 Å². The first-order valence-electron chi connectivity index (χ1n) is 11.1. The second kappa shape index (κ2) is 11.1. The molecule has 0 fully saturated rings. The highest BCUT2D eigenvalue weighted by Crippen LogP contribution is 2.27. The molecule has 0 bridgehead atoms. The number of rotatable bonds is 9. The molecule has 2 aromatic carbocycles. The van der Waals surface area contributed by atoms with Crippen LogP contribution in [0.4, 0.5) is 0 Å². The Hall–Kier alpha value is -3.19. The van der Waals surface area contributed by atoms with Crippen LogP contribution in [0.15, 0.2) is 53.3 Å². The van der Waals surface area contributed by atoms with E-state index in [2.05, 4.69) is 0 Å². The Morgan fingerprint density at radius 1 is 1.06 bits per heavy atom. The molecule has 0 saturated heterocycles. The molecule has 174 valence electrons. The summed E-state index contributed by atoms with van der Waals surface area (Å²) in [5.41, 5.74) is 0.966. The summed E-state index contributed by atoms with van der Waals surface area (Å²) in [6.45, 7) is 6.22. The summed E-state index contributed by atoms with van der Waals surface area (Å²) >= 11 is 6.07. The predicted molar refractivity (Wildman–Crippen MR) is 129 cm³/mol. The number of aromatic nitrogens is 2. The number of hydrogen-bond acceptors (Lipinski definition) is 5. The third-order valence-corrected chi connectivity index (χ3v) is 5.71. The normalized spacial score (nSPS) is 11.9. The van der Waals surface area contributed by atoms with Crippen LogP contribution in [-0.4, -0.2) is 39.5 Å². The number of hydrogen-bond donors (Lipinski definition) is 0. The zero-order valence-electron chi connectivity index (χ0n) is 19.1. The van der Waals surface area contributed by atoms with E-state index in [0.29, 0.717) is 40.4 Å². The Labute approximate surface area is 197 Å². The lowest BCUT2D eigenvalue weighted by molar-refractivity contribution is -0.146. The molecule has 0 aliphatic rings. The molecule has 3 rings (SSSR count). The topological polar surface area (TPSA) is 81.5 Å². The van der Waals surface area contributed by atoms with Gasteiger partial charge in [0.05, 0.1) is 35.7 Å². The number of nitrogens with zero attached hydrogens (tertiary/aromatic N) is 3. The Morgan fingerprint density at radius 2 is 1.76 bits per heavy atom. The molecular formula is C25H28ClN3O4. The van der Waals surface area contributed by atoms with Crippen molar-refractivity contribution in [1.82, 2.24) is 14.5 Å². The Bertz CT molecular complexity index is 1190. The SMILES string of the molecule is CCOC(=O)CCC(=O)N(CC)C(CC)c1nc2ccccc2c(=O)n1-c1ccc(Cl)cc1. The zero-order chi connectivity index (χ0) is 24.0. The number of fused-ring (bicyclic) bond motifs is 1. The summed E-state index contributed by atoms with van der Waals surface area (Å²) in [5.74, 6) is -0.130. The van der Waals surface area contributed by atoms with Gasteiger partial charge in [0.25, 0.3) is 5.56 Å². The molecule has 3 aromatic rings. The fourth-order valence-corrected chi connectivity index (χ4v) is 4.04. The molecule has 1 heterocycles. The minimum Gasteiger partial charge on any atom is -0.466 e. The number of carbonyl (C=O) groups excluding carboxylic acids is 2. The number of ether oxygens (including phenoxy) is 1. The van der Waals surface area contributed by atoms with E-state index in [1.807, 2.05) is 19.9 Å². The van der Waals surface area contributed by atoms with Crippen molar-refractivity contribution < 1.29 is 14.3 Å². The van der Waals surface area contributed by atoms with Crippen molar-refractivity contribution in [3.05, 3.63) is 69.7 Å². The molecule has 1 atom stereocenters. The van der Waals surface area contributed by atoms with Gasteiger partial charge in [-0.15, -0.1) is 0 Å². The maximum atomic E-state index is 13.5. The zero-order valence-corrected chi connectivity index (χ0v) is 19.8. The second-order valence-corrected chi connectivity index (χ2v) is 7.95. The van der Waals surface area contributed by atoms with Gasteiger partial charge in [-0.2, -0.15) is 0 Å². The third kappa shape index (κ3) is 5.42. The molecular weight excluding hydrogens is 442 g/mol. The average molecular weight is 470 g/mol. The van der Waals surface area contributed by atoms with Crippen LogP contribution in [0.2, 0.25) is 5.02 Å². The highest BCUT2D eigenvalue weighted by atomic mass is 35.5. The minimum absolute atomic E-state index is 0.00868. The number of carbonyl (C=O) groups is 2. The largest absolute Gasteiger partial charge is 0.466 e. The number of para-hydroxylation sites is 1. The van der Waals surface area contributed by atoms with Crippen molar-refractivity contribution >= 4 is 34.4 Å². The molecule has 1 unspecified atom stereocenters. The van der Waals surface area contributed by atoms with Gasteiger partial charge in [0.15, 0.2) is 0 Å². The molecule has 1 aromatic heterocycles. The average Bonchev–Trinajstić information content (AvgIpc) is 2.82. The van der Waals surface area contributed by atoms with Crippen molar-refractivity contribution in [1.29, 1.82) is 0 Å². The Kier molecular flexibility index (Phi) is 8.22. The highest BCUT2D eigenvalue weighted by Gasteiger charge is 2.28. The van der Waals surface area contributed by atoms with Gasteiger partial charge in [0, 0.05) is 18.0 Å². The van der Waals surface area contributed by atoms with Crippen LogP contribution in [0.1, 0.15) is 51.9 Å². The maximum absolute atomic E-state index is 13.5. The fraction of sp³-hybridized carbons (Fsp3) is 0.360. The predicted octanol–water partition coefficient (Wildman–Crippen LogP) is 4.68. The third-order valence-electron chi connectivity index (χ3n) is 5.46. The molecule has 0 saturated carbocycles. The molecule has 0 aliphatic carbocycles. The lowest BCUT2D eigenvalue weighted by atomic mass is 10.1. The van der Waals surface area contributed by atoms with Gasteiger partial charge in [-0.25, -0.2) is 4.98 Å². The van der Waals surface area contributed by atoms with E-state index in [-0.39, 0.29) is 30.9 Å². The molecule has 8 heteroatoms. The molecule has 0 N–H and O–H groups in total. The molecule has 0 spiro atoms. The first-order chi connectivity index (χ1) is 15.9. The maximum Gasteiger partial charge on any atom is 0.306 e. The van der Waals surface area contributed by atoms with E-state index in [0.717, 1.165) is 0 Å². The van der Waals surface area contributed by atoms with E-state index < -0.39 is 12.0 Å². The van der Waals surface area contributed by atoms with Crippen molar-refractivity contribution in [2.45, 2.75) is 46.1 Å². The van der Waals surface area contributed by atoms with Gasteiger partial charge >= 0.3 is 5.97 Å². The van der Waals surface area contributed by atoms with Crippen LogP contribution in [0.5, 0.6) is 0 Å². The lowest BCUT2D eigenvalue weighted by Gasteiger charge is -2.31. The fourth-order valence-electron chi connectivity index (χ4n) is 3.91. The van der Waals surface area contributed by atoms with Crippen LogP contribution < -0.4 is 5.56 Å². The van der Waals surface area contributed by atoms with E-state index >= 15 is 0 Å². The van der Waals surface area contributed by atoms with Gasteiger partial charge in [0.2, 0.25) is 5.91 Å². The summed E-state index contributed by atoms with van der Waals surface area (Å²) in [4.78, 5) is 44.9. The molecule has 1 amide bonds. The summed E-state index contributed by atoms with van der Waals surface area (Å²) in [7, 11) is 0. The van der Waals surface area contributed by atoms with Crippen molar-refractivity contribution in [2.75, 3.05) is 13.2 Å². The van der Waals surface area contributed by atoms with Crippen LogP contribution in [-0.2, 0) is 14.3 Å². The summed E-state index contributed by atoms with van der Waals surface area (Å²) in [6, 6.07) is 13.6. The summed E-state index contributed by atoms with van der Waals surface area (Å²) in [6.07, 6.45) is 0.577. The highest BCUT2D eigenvalue weighted by molar-refractivity contribution is 6.30. The summed E-state index contributed by atoms with van der Waals surface area (Å²) < 4.78 is 6.50. The standard InChI is InChI=1S/C25H28ClN3O4/c1-4-21(28(5-2)22(30)15-16-23(31)33-6-3)24-27-20-10-8-7-9-19(20)25(32)29(24)18-13-11-17(26)12-14-18/h7-14,21H,4-6,15-16H2,1-3H3. The van der Waals surface area contributed by atoms with Gasteiger partial charge in [0.1, 0.15) is 5.82 Å². The smallest absolute Gasteiger partial charge is 0.306 e. The first-order valence-corrected chi connectivity index (χ1v) is 11.5. The van der Waals surface area contributed by atoms with E-state index in [4.69, 9.17) is 21.3 Å². The number of benzene rings is 2. The van der Waals surface area contributed by atoms with Crippen LogP contribution >= 0.6 is 11.6 Å². The first kappa shape index (κ1) is 24.5. The minimum atomic E-state index is -0.460. The Balaban J connectivity index is 2.11. The molecule has 33 heavy (non-hydrogen) atoms. The molecule has 0 aliphatic heterocycles. The van der Waals surface area contributed by atoms with Gasteiger partial charge in [-0.3, -0.25) is 19.0 Å². The second-order valence-electron chi connectivity index (χ2n) is 7.51. The monoisotopic (exact) mass is 469 g/mol. The van der Waals surface area contributed by atoms with Crippen molar-refractivity contribution in [3.8, 4) is 5.69 Å². The number of halogens is 1. The van der Waals surface area contributed by atoms with E-state index in [1.54, 1.807) is 58.9 Å². The van der Waals surface area contributed by atoms with E-state index in [9.17, 15) is 14.4 Å². The van der Waals surface area contributed by atoms with E-state index in [1.165, 1.54) is 0 Å². The van der Waals surface area contributed by atoms with Crippen molar-refractivity contribution in [3.63, 3.8) is 0 Å². The Morgan fingerprint density at radius 3 is 2.39 bits per heavy atom. The molecule has 7 nitrogen and oxygen atoms in total. The van der Waals surface area contributed by atoms with Gasteiger partial charge in [-0.1, -0.05) is 30.7 Å². The number of esters is 1. The van der Waals surface area contributed by atoms with Gasteiger partial charge < -0.3 is 9.64 Å². The summed E-state index contributed by atoms with van der Waals surface area (Å²) in [5, 5.41) is 1.04. The van der Waals surface area contributed by atoms with Crippen LogP contribution in [0.3, 0.4) is 0 Å². The van der Waals surface area contributed by atoms with Crippen LogP contribution in [0.25, 0.3) is 16.6 Å². The van der Waals surface area contributed by atoms with Crippen LogP contribution in [0, 0.1) is 0 Å². The number of amides is 1. The van der Waals surface area contributed by atoms with Crippen molar-refractivity contribution in [2.24, 2.45) is 0 Å². The molecule has 0 radical (unpaired) electrons. The lowest BCUT2D eigenvalue weighted by Crippen LogP contribution is -2.38.